The summed E-state index contributed by atoms with van der Waals surface area (Å²) in [4.78, 5) is 0. The Morgan fingerprint density at radius 3 is 2.08 bits per heavy atom. The number of rotatable bonds is 7. The molecule has 0 aromatic rings. The fourth-order valence-electron chi connectivity index (χ4n) is 1.72. The van der Waals surface area contributed by atoms with Crippen molar-refractivity contribution in [1.29, 1.82) is 0 Å². The van der Waals surface area contributed by atoms with Crippen molar-refractivity contribution >= 4 is 0 Å². The molecule has 0 aliphatic carbocycles. The van der Waals surface area contributed by atoms with Crippen LogP contribution in [0.1, 0.15) is 59.8 Å². The van der Waals surface area contributed by atoms with Gasteiger partial charge in [-0.3, -0.25) is 0 Å². The molecule has 2 atom stereocenters. The Bertz CT molecular complexity index is 110. The summed E-state index contributed by atoms with van der Waals surface area (Å²) in [5, 5.41) is 9.70. The molecule has 0 aromatic heterocycles. The summed E-state index contributed by atoms with van der Waals surface area (Å²) in [6, 6.07) is 0. The molecule has 0 saturated heterocycles. The van der Waals surface area contributed by atoms with Gasteiger partial charge in [0.05, 0.1) is 6.10 Å². The molecule has 0 bridgehead atoms. The molecule has 0 radical (unpaired) electrons. The largest absolute Gasteiger partial charge is 0.393 e. The van der Waals surface area contributed by atoms with E-state index in [1.165, 1.54) is 12.8 Å². The van der Waals surface area contributed by atoms with Crippen molar-refractivity contribution < 1.29 is 5.11 Å². The Morgan fingerprint density at radius 2 is 1.62 bits per heavy atom. The zero-order valence-corrected chi connectivity index (χ0v) is 9.71. The lowest BCUT2D eigenvalue weighted by atomic mass is 9.95. The maximum absolute atomic E-state index is 9.70. The Morgan fingerprint density at radius 1 is 1.00 bits per heavy atom. The van der Waals surface area contributed by atoms with Crippen LogP contribution in [-0.2, 0) is 0 Å². The van der Waals surface area contributed by atoms with Crippen LogP contribution in [0.5, 0.6) is 0 Å². The van der Waals surface area contributed by atoms with Crippen molar-refractivity contribution in [3.63, 3.8) is 0 Å². The quantitative estimate of drug-likeness (QED) is 0.644. The minimum Gasteiger partial charge on any atom is -0.393 e. The van der Waals surface area contributed by atoms with Gasteiger partial charge in [0, 0.05) is 0 Å². The van der Waals surface area contributed by atoms with Crippen LogP contribution in [0.2, 0.25) is 0 Å². The van der Waals surface area contributed by atoms with Gasteiger partial charge in [0.1, 0.15) is 0 Å². The van der Waals surface area contributed by atoms with Gasteiger partial charge < -0.3 is 5.11 Å². The highest BCUT2D eigenvalue weighted by atomic mass is 16.3. The van der Waals surface area contributed by atoms with E-state index in [1.54, 1.807) is 0 Å². The highest BCUT2D eigenvalue weighted by Gasteiger charge is 2.09. The summed E-state index contributed by atoms with van der Waals surface area (Å²) in [5.41, 5.74) is 0. The monoisotopic (exact) mass is 186 g/mol. The predicted octanol–water partition coefficient (Wildman–Crippen LogP) is 3.61. The Labute approximate surface area is 83.5 Å². The molecular weight excluding hydrogens is 160 g/mol. The van der Waals surface area contributed by atoms with Crippen LogP contribution in [0, 0.1) is 11.8 Å². The van der Waals surface area contributed by atoms with E-state index < -0.39 is 0 Å². The molecule has 0 aliphatic rings. The fourth-order valence-corrected chi connectivity index (χ4v) is 1.72. The Balaban J connectivity index is 3.43. The van der Waals surface area contributed by atoms with Crippen LogP contribution < -0.4 is 0 Å². The Kier molecular flexibility index (Phi) is 7.35. The maximum atomic E-state index is 9.70. The van der Waals surface area contributed by atoms with E-state index in [4.69, 9.17) is 0 Å². The molecule has 0 aliphatic heterocycles. The predicted molar refractivity (Wildman–Crippen MR) is 58.8 cm³/mol. The molecular formula is C12H26O. The van der Waals surface area contributed by atoms with E-state index in [2.05, 4.69) is 27.7 Å². The second-order valence-electron chi connectivity index (χ2n) is 4.75. The van der Waals surface area contributed by atoms with Gasteiger partial charge in [-0.1, -0.05) is 40.5 Å². The number of aliphatic hydroxyl groups is 1. The molecule has 0 saturated carbocycles. The van der Waals surface area contributed by atoms with Crippen LogP contribution in [0.3, 0.4) is 0 Å². The van der Waals surface area contributed by atoms with E-state index in [-0.39, 0.29) is 6.10 Å². The first-order valence-electron chi connectivity index (χ1n) is 5.74. The normalized spacial score (nSPS) is 16.2. The first-order valence-corrected chi connectivity index (χ1v) is 5.74. The third-order valence-corrected chi connectivity index (χ3v) is 2.53. The molecule has 1 nitrogen and oxygen atoms in total. The summed E-state index contributed by atoms with van der Waals surface area (Å²) in [6.07, 6.45) is 5.53. The third kappa shape index (κ3) is 8.29. The molecule has 0 aromatic carbocycles. The molecule has 0 heterocycles. The summed E-state index contributed by atoms with van der Waals surface area (Å²) < 4.78 is 0. The molecule has 0 fully saturated rings. The molecule has 1 heteroatoms. The van der Waals surface area contributed by atoms with Gasteiger partial charge in [0.15, 0.2) is 0 Å². The minimum absolute atomic E-state index is 0.0658. The zero-order valence-electron chi connectivity index (χ0n) is 9.71. The van der Waals surface area contributed by atoms with Crippen molar-refractivity contribution in [1.82, 2.24) is 0 Å². The average Bonchev–Trinajstić information content (AvgIpc) is 2.01. The van der Waals surface area contributed by atoms with Gasteiger partial charge in [-0.15, -0.1) is 0 Å². The maximum Gasteiger partial charge on any atom is 0.0542 e. The van der Waals surface area contributed by atoms with E-state index in [1.807, 2.05) is 0 Å². The van der Waals surface area contributed by atoms with Gasteiger partial charge in [0.25, 0.3) is 0 Å². The second-order valence-corrected chi connectivity index (χ2v) is 4.75. The first kappa shape index (κ1) is 13.0. The lowest BCUT2D eigenvalue weighted by Gasteiger charge is -2.16. The van der Waals surface area contributed by atoms with E-state index in [0.717, 1.165) is 25.2 Å². The van der Waals surface area contributed by atoms with Crippen LogP contribution in [0.4, 0.5) is 0 Å². The summed E-state index contributed by atoms with van der Waals surface area (Å²) in [7, 11) is 0. The van der Waals surface area contributed by atoms with E-state index in [0.29, 0.717) is 5.92 Å². The molecule has 0 rings (SSSR count). The molecule has 13 heavy (non-hydrogen) atoms. The first-order chi connectivity index (χ1) is 6.06. The van der Waals surface area contributed by atoms with Crippen molar-refractivity contribution in [2.24, 2.45) is 11.8 Å². The minimum atomic E-state index is -0.0658. The zero-order chi connectivity index (χ0) is 10.3. The summed E-state index contributed by atoms with van der Waals surface area (Å²) in [6.45, 7) is 8.86. The molecule has 1 N–H and O–H groups in total. The summed E-state index contributed by atoms with van der Waals surface area (Å²) in [5.74, 6) is 1.41. The van der Waals surface area contributed by atoms with E-state index in [9.17, 15) is 5.11 Å². The van der Waals surface area contributed by atoms with Gasteiger partial charge >= 0.3 is 0 Å². The van der Waals surface area contributed by atoms with Crippen LogP contribution in [0.25, 0.3) is 0 Å². The van der Waals surface area contributed by atoms with E-state index >= 15 is 0 Å². The lowest BCUT2D eigenvalue weighted by Crippen LogP contribution is -2.12. The second kappa shape index (κ2) is 7.37. The van der Waals surface area contributed by atoms with Gasteiger partial charge in [-0.05, 0) is 31.1 Å². The van der Waals surface area contributed by atoms with Gasteiger partial charge in [-0.25, -0.2) is 0 Å². The molecule has 0 spiro atoms. The number of aliphatic hydroxyl groups excluding tert-OH is 1. The van der Waals surface area contributed by atoms with Crippen LogP contribution in [-0.4, -0.2) is 11.2 Å². The number of hydrogen-bond donors (Lipinski definition) is 1. The molecule has 2 unspecified atom stereocenters. The fraction of sp³-hybridized carbons (Fsp3) is 1.00. The van der Waals surface area contributed by atoms with Crippen LogP contribution >= 0.6 is 0 Å². The highest BCUT2D eigenvalue weighted by Crippen LogP contribution is 2.16. The van der Waals surface area contributed by atoms with Crippen molar-refractivity contribution in [2.75, 3.05) is 0 Å². The number of hydrogen-bond acceptors (Lipinski definition) is 1. The molecule has 0 amide bonds. The Hall–Kier alpha value is -0.0400. The van der Waals surface area contributed by atoms with Crippen molar-refractivity contribution in [2.45, 2.75) is 65.9 Å². The van der Waals surface area contributed by atoms with Gasteiger partial charge in [-0.2, -0.15) is 0 Å². The average molecular weight is 186 g/mol. The third-order valence-electron chi connectivity index (χ3n) is 2.53. The highest BCUT2D eigenvalue weighted by molar-refractivity contribution is 4.62. The smallest absolute Gasteiger partial charge is 0.0542 e. The topological polar surface area (TPSA) is 20.2 Å². The summed E-state index contributed by atoms with van der Waals surface area (Å²) >= 11 is 0. The van der Waals surface area contributed by atoms with Gasteiger partial charge in [0.2, 0.25) is 0 Å². The standard InChI is InChI=1S/C12H26O/c1-5-6-11(4)9-12(13)8-7-10(2)3/h10-13H,5-9H2,1-4H3. The van der Waals surface area contributed by atoms with Crippen molar-refractivity contribution in [3.05, 3.63) is 0 Å². The molecule has 80 valence electrons. The lowest BCUT2D eigenvalue weighted by molar-refractivity contribution is 0.127. The van der Waals surface area contributed by atoms with Crippen LogP contribution in [0.15, 0.2) is 0 Å². The SMILES string of the molecule is CCCC(C)CC(O)CCC(C)C. The van der Waals surface area contributed by atoms with Crippen molar-refractivity contribution in [3.8, 4) is 0 Å².